The van der Waals surface area contributed by atoms with Crippen LogP contribution in [-0.2, 0) is 16.0 Å². The number of carbonyl (C=O) groups excluding carboxylic acids is 3. The molecule has 3 aromatic rings. The lowest BCUT2D eigenvalue weighted by Crippen LogP contribution is -2.58. The molecule has 8 nitrogen and oxygen atoms in total. The number of para-hydroxylation sites is 1. The summed E-state index contributed by atoms with van der Waals surface area (Å²) in [6.07, 6.45) is 4.43. The minimum Gasteiger partial charge on any atom is -0.364 e. The van der Waals surface area contributed by atoms with Gasteiger partial charge < -0.3 is 16.0 Å². The number of anilines is 2. The summed E-state index contributed by atoms with van der Waals surface area (Å²) in [5.74, 6) is -0.0349. The van der Waals surface area contributed by atoms with Gasteiger partial charge in [-0.2, -0.15) is 0 Å². The number of ketones is 1. The average Bonchev–Trinajstić information content (AvgIpc) is 3.33. The maximum absolute atomic E-state index is 12.9. The Bertz CT molecular complexity index is 1270. The normalized spacial score (nSPS) is 22.3. The topological polar surface area (TPSA) is 118 Å². The van der Waals surface area contributed by atoms with E-state index >= 15 is 0 Å². The Morgan fingerprint density at radius 3 is 2.70 bits per heavy atom. The Morgan fingerprint density at radius 2 is 1.94 bits per heavy atom. The zero-order chi connectivity index (χ0) is 23.2. The number of carbonyl (C=O) groups is 3. The van der Waals surface area contributed by atoms with Crippen LogP contribution in [0.2, 0.25) is 0 Å². The Hall–Kier alpha value is -3.78. The predicted molar refractivity (Wildman–Crippen MR) is 126 cm³/mol. The van der Waals surface area contributed by atoms with E-state index in [0.717, 1.165) is 41.2 Å². The van der Waals surface area contributed by atoms with Crippen molar-refractivity contribution in [2.24, 2.45) is 5.73 Å². The smallest absolute Gasteiger partial charge is 0.320 e. The quantitative estimate of drug-likeness (QED) is 0.521. The molecule has 3 heterocycles. The lowest BCUT2D eigenvalue weighted by Gasteiger charge is -2.30. The number of aryl methyl sites for hydroxylation is 1. The van der Waals surface area contributed by atoms with Crippen LogP contribution in [0.4, 0.5) is 17.2 Å². The Morgan fingerprint density at radius 1 is 1.15 bits per heavy atom. The Labute approximate surface area is 191 Å². The molecule has 0 spiro atoms. The minimum absolute atomic E-state index is 0.0907. The summed E-state index contributed by atoms with van der Waals surface area (Å²) in [6.45, 7) is 0. The van der Waals surface area contributed by atoms with Gasteiger partial charge in [-0.3, -0.25) is 9.59 Å². The molecule has 1 saturated heterocycles. The number of rotatable bonds is 5. The summed E-state index contributed by atoms with van der Waals surface area (Å²) in [6, 6.07) is 12.7. The molecule has 1 unspecified atom stereocenters. The number of nitrogens with zero attached hydrogens (tertiary/aromatic N) is 2. The van der Waals surface area contributed by atoms with Gasteiger partial charge in [0, 0.05) is 42.0 Å². The molecular weight excluding hydrogens is 418 g/mol. The van der Waals surface area contributed by atoms with Gasteiger partial charge in [0.05, 0.1) is 30.4 Å². The third-order valence-electron chi connectivity index (χ3n) is 6.84. The van der Waals surface area contributed by atoms with E-state index in [1.807, 2.05) is 42.5 Å². The fourth-order valence-corrected chi connectivity index (χ4v) is 5.04. The van der Waals surface area contributed by atoms with Crippen molar-refractivity contribution in [2.45, 2.75) is 38.1 Å². The largest absolute Gasteiger partial charge is 0.364 e. The third kappa shape index (κ3) is 3.43. The molecule has 0 radical (unpaired) electrons. The monoisotopic (exact) mass is 444 g/mol. The van der Waals surface area contributed by atoms with Crippen LogP contribution in [0.3, 0.4) is 0 Å². The number of nitrogens with two attached hydrogens (primary N) is 1. The molecule has 1 aliphatic carbocycles. The van der Waals surface area contributed by atoms with Crippen LogP contribution in [0.25, 0.3) is 11.3 Å². The molecule has 2 aromatic heterocycles. The highest BCUT2D eigenvalue weighted by atomic mass is 16.2. The first-order valence-electron chi connectivity index (χ1n) is 11.2. The average molecular weight is 445 g/mol. The first-order valence-corrected chi connectivity index (χ1v) is 11.2. The lowest BCUT2D eigenvalue weighted by molar-refractivity contribution is -0.132. The van der Waals surface area contributed by atoms with Gasteiger partial charge >= 0.3 is 5.91 Å². The van der Waals surface area contributed by atoms with E-state index in [1.165, 1.54) is 0 Å². The Balaban J connectivity index is 1.64. The van der Waals surface area contributed by atoms with E-state index in [2.05, 4.69) is 15.3 Å². The summed E-state index contributed by atoms with van der Waals surface area (Å²) < 4.78 is -0.246. The highest BCUT2D eigenvalue weighted by Crippen LogP contribution is 2.40. The number of aromatic amines is 1. The first kappa shape index (κ1) is 21.1. The van der Waals surface area contributed by atoms with Crippen molar-refractivity contribution in [3.63, 3.8) is 0 Å². The van der Waals surface area contributed by atoms with Crippen LogP contribution in [0.1, 0.15) is 41.7 Å². The fraction of sp³-hybridized carbons (Fsp3) is 0.280. The Kier molecular flexibility index (Phi) is 5.09. The molecule has 1 aliphatic heterocycles. The number of aromatic nitrogens is 2. The number of benzene rings is 1. The number of pyridine rings is 1. The van der Waals surface area contributed by atoms with Gasteiger partial charge in [-0.1, -0.05) is 18.2 Å². The molecule has 2 aliphatic rings. The van der Waals surface area contributed by atoms with Crippen LogP contribution in [0.15, 0.2) is 48.7 Å². The van der Waals surface area contributed by atoms with E-state index in [-0.39, 0.29) is 22.6 Å². The lowest BCUT2D eigenvalue weighted by atomic mass is 9.95. The van der Waals surface area contributed by atoms with Crippen molar-refractivity contribution in [3.05, 3.63) is 59.9 Å². The van der Waals surface area contributed by atoms with Gasteiger partial charge in [0.2, 0.25) is 5.82 Å². The first-order chi connectivity index (χ1) is 15.9. The summed E-state index contributed by atoms with van der Waals surface area (Å²) >= 11 is 0. The van der Waals surface area contributed by atoms with E-state index in [1.54, 1.807) is 13.2 Å². The van der Waals surface area contributed by atoms with E-state index < -0.39 is 11.9 Å². The van der Waals surface area contributed by atoms with Crippen molar-refractivity contribution >= 4 is 34.8 Å². The zero-order valence-electron chi connectivity index (χ0n) is 18.4. The maximum Gasteiger partial charge on any atom is 0.320 e. The number of fused-ring (bicyclic) bond motifs is 1. The summed E-state index contributed by atoms with van der Waals surface area (Å²) in [7, 11) is 1.70. The van der Waals surface area contributed by atoms with Crippen molar-refractivity contribution < 1.29 is 14.4 Å². The second-order valence-electron chi connectivity index (χ2n) is 8.83. The standard InChI is InChI=1S/C25H25N5O3/c1-30(18(25(26)33)10-11-21(30)32)20-14-15(12-13-27-20)23-24(28-16-6-3-2-4-7-16)22-17(29-23)8-5-9-19(22)31/h2-4,6-7,12-14,18H,5,8-11H2,1H3,(H3-,26,27,28,29,31,33)/p+1/t18-,30?/m1/s1. The van der Waals surface area contributed by atoms with Crippen LogP contribution in [-0.4, -0.2) is 40.7 Å². The summed E-state index contributed by atoms with van der Waals surface area (Å²) in [5, 5.41) is 3.43. The van der Waals surface area contributed by atoms with E-state index in [9.17, 15) is 14.4 Å². The van der Waals surface area contributed by atoms with Gasteiger partial charge in [0.15, 0.2) is 11.8 Å². The molecule has 0 saturated carbocycles. The summed E-state index contributed by atoms with van der Waals surface area (Å²) in [5.41, 5.74) is 10.4. The number of primary amides is 1. The SMILES string of the molecule is C[N+]1(c2cc(-c3[nH]c4c(c3Nc3ccccc3)C(=O)CCC4)ccn2)C(=O)CC[C@@H]1C(N)=O. The van der Waals surface area contributed by atoms with Crippen molar-refractivity contribution in [3.8, 4) is 11.3 Å². The van der Waals surface area contributed by atoms with Crippen LogP contribution in [0, 0.1) is 0 Å². The van der Waals surface area contributed by atoms with Gasteiger partial charge in [-0.25, -0.2) is 14.3 Å². The molecule has 5 rings (SSSR count). The number of amides is 2. The molecular formula is C25H26N5O3+. The second kappa shape index (κ2) is 7.97. The van der Waals surface area contributed by atoms with Crippen molar-refractivity contribution in [2.75, 3.05) is 12.4 Å². The molecule has 1 aromatic carbocycles. The van der Waals surface area contributed by atoms with Crippen LogP contribution in [0.5, 0.6) is 0 Å². The number of nitrogens with one attached hydrogen (secondary N) is 2. The molecule has 33 heavy (non-hydrogen) atoms. The summed E-state index contributed by atoms with van der Waals surface area (Å²) in [4.78, 5) is 45.7. The number of Topliss-reactive ketones (excluding diaryl/α,β-unsaturated/α-hetero) is 1. The minimum atomic E-state index is -0.652. The fourth-order valence-electron chi connectivity index (χ4n) is 5.04. The number of hydrogen-bond acceptors (Lipinski definition) is 5. The second-order valence-corrected chi connectivity index (χ2v) is 8.83. The molecule has 2 atom stereocenters. The van der Waals surface area contributed by atoms with Crippen LogP contribution >= 0.6 is 0 Å². The highest BCUT2D eigenvalue weighted by Gasteiger charge is 2.52. The molecule has 4 N–H and O–H groups in total. The van der Waals surface area contributed by atoms with Gasteiger partial charge in [-0.05, 0) is 31.0 Å². The third-order valence-corrected chi connectivity index (χ3v) is 6.84. The van der Waals surface area contributed by atoms with Crippen molar-refractivity contribution in [1.82, 2.24) is 14.5 Å². The molecule has 8 heteroatoms. The van der Waals surface area contributed by atoms with Gasteiger partial charge in [0.25, 0.3) is 5.91 Å². The zero-order valence-corrected chi connectivity index (χ0v) is 18.4. The molecule has 2 amide bonds. The predicted octanol–water partition coefficient (Wildman–Crippen LogP) is 3.45. The number of H-pyrrole nitrogens is 1. The molecule has 168 valence electrons. The van der Waals surface area contributed by atoms with E-state index in [4.69, 9.17) is 5.73 Å². The molecule has 1 fully saturated rings. The number of likely N-dealkylation sites (tertiary alicyclic amines) is 1. The van der Waals surface area contributed by atoms with E-state index in [0.29, 0.717) is 24.2 Å². The van der Waals surface area contributed by atoms with Crippen LogP contribution < -0.4 is 15.5 Å². The maximum atomic E-state index is 12.9. The van der Waals surface area contributed by atoms with Crippen molar-refractivity contribution in [1.29, 1.82) is 0 Å². The molecule has 0 bridgehead atoms. The number of likely N-dealkylation sites (N-methyl/N-ethyl adjacent to an activating group) is 1. The van der Waals surface area contributed by atoms with Gasteiger partial charge in [0.1, 0.15) is 0 Å². The van der Waals surface area contributed by atoms with Gasteiger partial charge in [-0.15, -0.1) is 0 Å². The highest BCUT2D eigenvalue weighted by molar-refractivity contribution is 6.07. The number of hydrogen-bond donors (Lipinski definition) is 3. The number of quaternary nitrogens is 1.